The van der Waals surface area contributed by atoms with Gasteiger partial charge in [0, 0.05) is 24.2 Å². The van der Waals surface area contributed by atoms with E-state index < -0.39 is 29.6 Å². The van der Waals surface area contributed by atoms with Crippen LogP contribution in [0.1, 0.15) is 29.3 Å². The van der Waals surface area contributed by atoms with E-state index in [1.54, 1.807) is 31.2 Å². The number of nitrogens with zero attached hydrogens (tertiary/aromatic N) is 1. The normalized spacial score (nSPS) is 11.6. The summed E-state index contributed by atoms with van der Waals surface area (Å²) in [5.41, 5.74) is 0.417. The van der Waals surface area contributed by atoms with Gasteiger partial charge in [0.05, 0.1) is 11.0 Å². The first-order valence-corrected chi connectivity index (χ1v) is 8.92. The average Bonchev–Trinajstić information content (AvgIpc) is 2.67. The molecular formula is C20H18F3N3O3. The molecule has 0 bridgehead atoms. The summed E-state index contributed by atoms with van der Waals surface area (Å²) in [5.74, 6) is -0.491. The molecule has 0 atom stereocenters. The van der Waals surface area contributed by atoms with Gasteiger partial charge in [0.15, 0.2) is 0 Å². The number of hydrogen-bond acceptors (Lipinski definition) is 3. The Labute approximate surface area is 163 Å². The van der Waals surface area contributed by atoms with Gasteiger partial charge in [0.1, 0.15) is 0 Å². The van der Waals surface area contributed by atoms with Crippen molar-refractivity contribution >= 4 is 22.6 Å². The number of fused-ring (bicyclic) bond motifs is 1. The van der Waals surface area contributed by atoms with Crippen molar-refractivity contribution in [3.8, 4) is 0 Å². The molecule has 3 aromatic rings. The van der Waals surface area contributed by atoms with Gasteiger partial charge in [-0.2, -0.15) is 13.2 Å². The number of benzene rings is 2. The minimum Gasteiger partial charge on any atom is -0.322 e. The highest BCUT2D eigenvalue weighted by atomic mass is 19.4. The third kappa shape index (κ3) is 4.74. The van der Waals surface area contributed by atoms with Crippen molar-refractivity contribution in [3.63, 3.8) is 0 Å². The van der Waals surface area contributed by atoms with Crippen LogP contribution in [0.25, 0.3) is 11.0 Å². The van der Waals surface area contributed by atoms with E-state index in [0.717, 1.165) is 0 Å². The molecule has 0 aliphatic carbocycles. The van der Waals surface area contributed by atoms with E-state index in [-0.39, 0.29) is 12.0 Å². The molecule has 0 aliphatic heterocycles. The van der Waals surface area contributed by atoms with Crippen molar-refractivity contribution in [1.82, 2.24) is 9.55 Å². The molecule has 29 heavy (non-hydrogen) atoms. The maximum absolute atomic E-state index is 12.5. The quantitative estimate of drug-likeness (QED) is 0.638. The molecule has 2 N–H and O–H groups in total. The second-order valence-corrected chi connectivity index (χ2v) is 6.51. The zero-order valence-electron chi connectivity index (χ0n) is 15.5. The Morgan fingerprint density at radius 2 is 1.90 bits per heavy atom. The Bertz CT molecular complexity index is 1180. The predicted octanol–water partition coefficient (Wildman–Crippen LogP) is 3.46. The molecule has 0 saturated heterocycles. The maximum atomic E-state index is 12.5. The number of anilines is 1. The average molecular weight is 405 g/mol. The third-order valence-corrected chi connectivity index (χ3v) is 4.44. The van der Waals surface area contributed by atoms with Crippen LogP contribution in [0.3, 0.4) is 0 Å². The Hall–Kier alpha value is -3.36. The van der Waals surface area contributed by atoms with Gasteiger partial charge in [-0.1, -0.05) is 12.1 Å². The second kappa shape index (κ2) is 7.94. The van der Waals surface area contributed by atoms with Crippen LogP contribution >= 0.6 is 0 Å². The zero-order chi connectivity index (χ0) is 21.2. The summed E-state index contributed by atoms with van der Waals surface area (Å²) in [7, 11) is 0. The van der Waals surface area contributed by atoms with Crippen molar-refractivity contribution in [2.24, 2.45) is 0 Å². The SMILES string of the molecule is CCn1c(=O)c(=O)[nH]c2cc(C(=O)Nc3cccc(CCC(F)(F)F)c3)ccc21. The lowest BCUT2D eigenvalue weighted by atomic mass is 10.1. The van der Waals surface area contributed by atoms with E-state index in [9.17, 15) is 27.6 Å². The lowest BCUT2D eigenvalue weighted by molar-refractivity contribution is -0.134. The number of aromatic nitrogens is 2. The van der Waals surface area contributed by atoms with Crippen LogP contribution < -0.4 is 16.4 Å². The number of hydrogen-bond donors (Lipinski definition) is 2. The van der Waals surface area contributed by atoms with E-state index in [1.165, 1.54) is 22.8 Å². The fourth-order valence-corrected chi connectivity index (χ4v) is 3.03. The monoisotopic (exact) mass is 405 g/mol. The van der Waals surface area contributed by atoms with Gasteiger partial charge in [0.25, 0.3) is 5.91 Å². The summed E-state index contributed by atoms with van der Waals surface area (Å²) in [4.78, 5) is 38.7. The number of H-pyrrole nitrogens is 1. The lowest BCUT2D eigenvalue weighted by Crippen LogP contribution is -2.36. The van der Waals surface area contributed by atoms with Crippen LogP contribution in [0.15, 0.2) is 52.1 Å². The molecule has 2 aromatic carbocycles. The van der Waals surface area contributed by atoms with Gasteiger partial charge < -0.3 is 14.9 Å². The summed E-state index contributed by atoms with van der Waals surface area (Å²) in [5, 5.41) is 2.63. The number of aryl methyl sites for hydroxylation is 2. The number of carbonyl (C=O) groups excluding carboxylic acids is 1. The molecule has 0 spiro atoms. The standard InChI is InChI=1S/C20H18F3N3O3/c1-2-26-16-7-6-13(11-15(16)25-18(28)19(26)29)17(27)24-14-5-3-4-12(10-14)8-9-20(21,22)23/h3-7,10-11H,2,8-9H2,1H3,(H,24,27)(H,25,28). The molecule has 0 radical (unpaired) electrons. The first-order chi connectivity index (χ1) is 13.7. The minimum absolute atomic E-state index is 0.182. The van der Waals surface area contributed by atoms with Gasteiger partial charge in [0.2, 0.25) is 0 Å². The number of amides is 1. The summed E-state index contributed by atoms with van der Waals surface area (Å²) < 4.78 is 38.5. The Balaban J connectivity index is 1.84. The molecule has 6 nitrogen and oxygen atoms in total. The lowest BCUT2D eigenvalue weighted by Gasteiger charge is -2.11. The van der Waals surface area contributed by atoms with Crippen molar-refractivity contribution in [1.29, 1.82) is 0 Å². The van der Waals surface area contributed by atoms with Crippen molar-refractivity contribution in [2.75, 3.05) is 5.32 Å². The van der Waals surface area contributed by atoms with Gasteiger partial charge in [-0.3, -0.25) is 14.4 Å². The molecule has 1 heterocycles. The highest BCUT2D eigenvalue weighted by Crippen LogP contribution is 2.23. The smallest absolute Gasteiger partial charge is 0.322 e. The summed E-state index contributed by atoms with van der Waals surface area (Å²) in [6.07, 6.45) is -5.37. The molecule has 0 fully saturated rings. The number of carbonyl (C=O) groups is 1. The van der Waals surface area contributed by atoms with Gasteiger partial charge in [-0.25, -0.2) is 0 Å². The molecule has 0 saturated carbocycles. The van der Waals surface area contributed by atoms with Gasteiger partial charge in [-0.15, -0.1) is 0 Å². The molecule has 152 valence electrons. The molecule has 1 amide bonds. The molecule has 0 unspecified atom stereocenters. The van der Waals surface area contributed by atoms with Gasteiger partial charge >= 0.3 is 17.3 Å². The van der Waals surface area contributed by atoms with E-state index in [4.69, 9.17) is 0 Å². The highest BCUT2D eigenvalue weighted by molar-refractivity contribution is 6.05. The summed E-state index contributed by atoms with van der Waals surface area (Å²) in [6, 6.07) is 10.7. The predicted molar refractivity (Wildman–Crippen MR) is 103 cm³/mol. The zero-order valence-corrected chi connectivity index (χ0v) is 15.5. The van der Waals surface area contributed by atoms with Crippen LogP contribution in [0.2, 0.25) is 0 Å². The maximum Gasteiger partial charge on any atom is 0.389 e. The Morgan fingerprint density at radius 1 is 1.14 bits per heavy atom. The van der Waals surface area contributed by atoms with Crippen LogP contribution in [0, 0.1) is 0 Å². The largest absolute Gasteiger partial charge is 0.389 e. The van der Waals surface area contributed by atoms with Crippen molar-refractivity contribution in [3.05, 3.63) is 74.3 Å². The Morgan fingerprint density at radius 3 is 2.59 bits per heavy atom. The van der Waals surface area contributed by atoms with Crippen LogP contribution in [0.4, 0.5) is 18.9 Å². The number of aromatic amines is 1. The number of halogens is 3. The van der Waals surface area contributed by atoms with E-state index >= 15 is 0 Å². The summed E-state index contributed by atoms with van der Waals surface area (Å²) in [6.45, 7) is 2.03. The second-order valence-electron chi connectivity index (χ2n) is 6.51. The number of nitrogens with one attached hydrogen (secondary N) is 2. The van der Waals surface area contributed by atoms with Gasteiger partial charge in [-0.05, 0) is 49.2 Å². The van der Waals surface area contributed by atoms with Crippen LogP contribution in [-0.4, -0.2) is 21.6 Å². The first-order valence-electron chi connectivity index (χ1n) is 8.92. The molecule has 9 heteroatoms. The van der Waals surface area contributed by atoms with E-state index in [1.807, 2.05) is 0 Å². The minimum atomic E-state index is -4.25. The molecule has 1 aromatic heterocycles. The van der Waals surface area contributed by atoms with Crippen LogP contribution in [0.5, 0.6) is 0 Å². The fraction of sp³-hybridized carbons (Fsp3) is 0.250. The highest BCUT2D eigenvalue weighted by Gasteiger charge is 2.26. The fourth-order valence-electron chi connectivity index (χ4n) is 3.03. The molecule has 0 aliphatic rings. The third-order valence-electron chi connectivity index (χ3n) is 4.44. The van der Waals surface area contributed by atoms with Crippen LogP contribution in [-0.2, 0) is 13.0 Å². The molecular weight excluding hydrogens is 387 g/mol. The number of alkyl halides is 3. The van der Waals surface area contributed by atoms with E-state index in [2.05, 4.69) is 10.3 Å². The van der Waals surface area contributed by atoms with Crippen molar-refractivity contribution in [2.45, 2.75) is 32.5 Å². The Kier molecular flexibility index (Phi) is 5.58. The topological polar surface area (TPSA) is 84.0 Å². The first kappa shape index (κ1) is 20.4. The van der Waals surface area contributed by atoms with E-state index in [0.29, 0.717) is 28.8 Å². The molecule has 3 rings (SSSR count). The summed E-state index contributed by atoms with van der Waals surface area (Å²) >= 11 is 0. The van der Waals surface area contributed by atoms with Crippen molar-refractivity contribution < 1.29 is 18.0 Å². The number of rotatable bonds is 5.